The summed E-state index contributed by atoms with van der Waals surface area (Å²) in [6.45, 7) is 2.66. The number of halogens is 1. The lowest BCUT2D eigenvalue weighted by molar-refractivity contribution is -0.193. The number of carbonyl (C=O) groups is 3. The Kier molecular flexibility index (Phi) is 8.99. The van der Waals surface area contributed by atoms with E-state index in [2.05, 4.69) is 10.3 Å². The van der Waals surface area contributed by atoms with Crippen LogP contribution in [0.2, 0.25) is 5.02 Å². The van der Waals surface area contributed by atoms with E-state index in [0.29, 0.717) is 5.02 Å². The molecule has 0 aliphatic rings. The second kappa shape index (κ2) is 12.1. The molecule has 1 aromatic heterocycles. The molecular weight excluding hydrogens is 486 g/mol. The van der Waals surface area contributed by atoms with E-state index in [1.807, 2.05) is 42.5 Å². The minimum absolute atomic E-state index is 0.144. The number of rotatable bonds is 9. The van der Waals surface area contributed by atoms with Crippen molar-refractivity contribution in [3.63, 3.8) is 0 Å². The number of amides is 1. The molecule has 10 heteroatoms. The average Bonchev–Trinajstić information content (AvgIpc) is 2.85. The zero-order valence-electron chi connectivity index (χ0n) is 20.2. The van der Waals surface area contributed by atoms with Crippen LogP contribution in [0.1, 0.15) is 41.5 Å². The van der Waals surface area contributed by atoms with Gasteiger partial charge in [-0.2, -0.15) is 0 Å². The lowest BCUT2D eigenvalue weighted by Gasteiger charge is -2.28. The lowest BCUT2D eigenvalue weighted by atomic mass is 9.99. The van der Waals surface area contributed by atoms with Gasteiger partial charge in [-0.15, -0.1) is 5.06 Å². The maximum atomic E-state index is 12.9. The standard InChI is InChI=1S/C26H26ClN3O6/c1-16(29-25(32)22-24(35-17(2)31)21(34-4)14-15-28-22)26(33)36-30(3)23(18-8-6-5-7-9-18)19-10-12-20(27)13-11-19/h5-16,23H,1-4H3,(H,29,32). The number of pyridine rings is 1. The summed E-state index contributed by atoms with van der Waals surface area (Å²) in [6, 6.07) is 16.7. The Morgan fingerprint density at radius 3 is 2.25 bits per heavy atom. The van der Waals surface area contributed by atoms with E-state index in [1.54, 1.807) is 19.2 Å². The first-order chi connectivity index (χ1) is 17.2. The molecule has 2 aromatic carbocycles. The number of esters is 1. The third-order valence-corrected chi connectivity index (χ3v) is 5.40. The fourth-order valence-electron chi connectivity index (χ4n) is 3.49. The first kappa shape index (κ1) is 26.7. The number of hydrogen-bond donors (Lipinski definition) is 1. The van der Waals surface area contributed by atoms with Crippen molar-refractivity contribution in [3.8, 4) is 11.5 Å². The smallest absolute Gasteiger partial charge is 0.347 e. The van der Waals surface area contributed by atoms with Crippen LogP contribution in [0.3, 0.4) is 0 Å². The highest BCUT2D eigenvalue weighted by atomic mass is 35.5. The van der Waals surface area contributed by atoms with E-state index in [4.69, 9.17) is 25.9 Å². The summed E-state index contributed by atoms with van der Waals surface area (Å²) >= 11 is 6.04. The molecule has 0 bridgehead atoms. The van der Waals surface area contributed by atoms with Crippen molar-refractivity contribution < 1.29 is 28.7 Å². The normalized spacial score (nSPS) is 12.4. The maximum Gasteiger partial charge on any atom is 0.347 e. The Hall–Kier alpha value is -3.95. The van der Waals surface area contributed by atoms with Crippen molar-refractivity contribution in [1.82, 2.24) is 15.4 Å². The Bertz CT molecular complexity index is 1220. The van der Waals surface area contributed by atoms with Gasteiger partial charge in [0.25, 0.3) is 5.91 Å². The molecule has 3 aromatic rings. The van der Waals surface area contributed by atoms with Gasteiger partial charge in [0.15, 0.2) is 11.4 Å². The first-order valence-electron chi connectivity index (χ1n) is 11.0. The van der Waals surface area contributed by atoms with E-state index >= 15 is 0 Å². The molecule has 3 rings (SSSR count). The molecule has 0 spiro atoms. The molecule has 2 atom stereocenters. The topological polar surface area (TPSA) is 107 Å². The van der Waals surface area contributed by atoms with E-state index in [0.717, 1.165) is 11.1 Å². The van der Waals surface area contributed by atoms with Gasteiger partial charge in [0.05, 0.1) is 13.2 Å². The van der Waals surface area contributed by atoms with Gasteiger partial charge in [-0.25, -0.2) is 9.78 Å². The summed E-state index contributed by atoms with van der Waals surface area (Å²) in [7, 11) is 2.99. The van der Waals surface area contributed by atoms with Gasteiger partial charge in [-0.1, -0.05) is 54.1 Å². The van der Waals surface area contributed by atoms with Crippen LogP contribution in [-0.2, 0) is 14.4 Å². The zero-order valence-corrected chi connectivity index (χ0v) is 21.0. The molecule has 36 heavy (non-hydrogen) atoms. The van der Waals surface area contributed by atoms with E-state index in [-0.39, 0.29) is 17.2 Å². The average molecular weight is 512 g/mol. The van der Waals surface area contributed by atoms with Crippen LogP contribution in [0.4, 0.5) is 0 Å². The van der Waals surface area contributed by atoms with Crippen LogP contribution in [0.15, 0.2) is 66.9 Å². The highest BCUT2D eigenvalue weighted by Gasteiger charge is 2.28. The molecule has 1 amide bonds. The summed E-state index contributed by atoms with van der Waals surface area (Å²) in [4.78, 5) is 46.9. The molecule has 0 aliphatic heterocycles. The van der Waals surface area contributed by atoms with Crippen molar-refractivity contribution in [2.24, 2.45) is 0 Å². The zero-order chi connectivity index (χ0) is 26.2. The largest absolute Gasteiger partial charge is 0.493 e. The molecule has 0 saturated carbocycles. The van der Waals surface area contributed by atoms with Crippen LogP contribution < -0.4 is 14.8 Å². The van der Waals surface area contributed by atoms with Crippen molar-refractivity contribution in [2.45, 2.75) is 25.9 Å². The highest BCUT2D eigenvalue weighted by molar-refractivity contribution is 6.30. The van der Waals surface area contributed by atoms with Crippen LogP contribution >= 0.6 is 11.6 Å². The number of methoxy groups -OCH3 is 1. The van der Waals surface area contributed by atoms with Gasteiger partial charge >= 0.3 is 11.9 Å². The molecule has 0 radical (unpaired) electrons. The number of benzene rings is 2. The molecule has 0 aliphatic carbocycles. The second-order valence-electron chi connectivity index (χ2n) is 7.80. The molecule has 188 valence electrons. The number of nitrogens with one attached hydrogen (secondary N) is 1. The number of aromatic nitrogens is 1. The number of carbonyl (C=O) groups excluding carboxylic acids is 3. The number of ether oxygens (including phenoxy) is 2. The number of hydroxylamine groups is 2. The van der Waals surface area contributed by atoms with Crippen LogP contribution in [0.5, 0.6) is 11.5 Å². The molecule has 2 unspecified atom stereocenters. The predicted octanol–water partition coefficient (Wildman–Crippen LogP) is 3.97. The van der Waals surface area contributed by atoms with Gasteiger partial charge in [0.2, 0.25) is 5.75 Å². The molecular formula is C26H26ClN3O6. The third kappa shape index (κ3) is 6.59. The van der Waals surface area contributed by atoms with Gasteiger partial charge in [-0.05, 0) is 30.2 Å². The van der Waals surface area contributed by atoms with Gasteiger partial charge in [-0.3, -0.25) is 9.59 Å². The fraction of sp³-hybridized carbons (Fsp3) is 0.231. The van der Waals surface area contributed by atoms with Crippen molar-refractivity contribution in [3.05, 3.63) is 88.7 Å². The van der Waals surface area contributed by atoms with Crippen molar-refractivity contribution in [2.75, 3.05) is 14.2 Å². The molecule has 0 saturated heterocycles. The second-order valence-corrected chi connectivity index (χ2v) is 8.24. The van der Waals surface area contributed by atoms with E-state index < -0.39 is 29.9 Å². The van der Waals surface area contributed by atoms with Crippen molar-refractivity contribution in [1.29, 1.82) is 0 Å². The summed E-state index contributed by atoms with van der Waals surface area (Å²) in [5, 5.41) is 4.52. The van der Waals surface area contributed by atoms with Crippen LogP contribution in [0.25, 0.3) is 0 Å². The Labute approximate surface area is 213 Å². The monoisotopic (exact) mass is 511 g/mol. The minimum atomic E-state index is -1.06. The van der Waals surface area contributed by atoms with E-state index in [9.17, 15) is 14.4 Å². The Morgan fingerprint density at radius 2 is 1.64 bits per heavy atom. The summed E-state index contributed by atoms with van der Waals surface area (Å²) in [6.07, 6.45) is 1.33. The summed E-state index contributed by atoms with van der Waals surface area (Å²) < 4.78 is 10.3. The molecule has 1 heterocycles. The SMILES string of the molecule is COc1ccnc(C(=O)NC(C)C(=O)ON(C)C(c2ccccc2)c2ccc(Cl)cc2)c1OC(C)=O. The maximum absolute atomic E-state index is 12.9. The van der Waals surface area contributed by atoms with Gasteiger partial charge in [0, 0.05) is 31.3 Å². The third-order valence-electron chi connectivity index (χ3n) is 5.15. The summed E-state index contributed by atoms with van der Waals surface area (Å²) in [5.41, 5.74) is 1.53. The van der Waals surface area contributed by atoms with Crippen LogP contribution in [-0.4, -0.2) is 48.1 Å². The van der Waals surface area contributed by atoms with E-state index in [1.165, 1.54) is 38.3 Å². The minimum Gasteiger partial charge on any atom is -0.493 e. The highest BCUT2D eigenvalue weighted by Crippen LogP contribution is 2.30. The van der Waals surface area contributed by atoms with Gasteiger partial charge in [0.1, 0.15) is 6.04 Å². The predicted molar refractivity (Wildman–Crippen MR) is 133 cm³/mol. The van der Waals surface area contributed by atoms with Gasteiger partial charge < -0.3 is 19.6 Å². The molecule has 1 N–H and O–H groups in total. The lowest BCUT2D eigenvalue weighted by Crippen LogP contribution is -2.43. The number of hydrogen-bond acceptors (Lipinski definition) is 8. The quantitative estimate of drug-likeness (QED) is 0.340. The van der Waals surface area contributed by atoms with Crippen LogP contribution in [0, 0.1) is 0 Å². The van der Waals surface area contributed by atoms with Crippen molar-refractivity contribution >= 4 is 29.4 Å². The fourth-order valence-corrected chi connectivity index (χ4v) is 3.61. The first-order valence-corrected chi connectivity index (χ1v) is 11.4. The molecule has 9 nitrogen and oxygen atoms in total. The Morgan fingerprint density at radius 1 is 1.00 bits per heavy atom. The molecule has 0 fully saturated rings. The Balaban J connectivity index is 1.77. The number of nitrogens with zero attached hydrogens (tertiary/aromatic N) is 2. The summed E-state index contributed by atoms with van der Waals surface area (Å²) in [5.74, 6) is -2.10.